The lowest BCUT2D eigenvalue weighted by Gasteiger charge is -2.23. The fraction of sp³-hybridized carbons (Fsp3) is 0.300. The number of aliphatic carboxylic acids is 1. The van der Waals surface area contributed by atoms with Crippen LogP contribution in [0.1, 0.15) is 0 Å². The molecule has 0 saturated carbocycles. The Balaban J connectivity index is 2.88. The van der Waals surface area contributed by atoms with E-state index >= 15 is 0 Å². The van der Waals surface area contributed by atoms with E-state index in [1.807, 2.05) is 0 Å². The molecule has 1 aromatic carbocycles. The number of nitrogens with zero attached hydrogens (tertiary/aromatic N) is 1. The minimum atomic E-state index is -0.952. The Hall–Kier alpha value is -1.75. The number of aliphatic hydroxyl groups excluding tert-OH is 1. The van der Waals surface area contributed by atoms with Gasteiger partial charge in [-0.1, -0.05) is 12.1 Å². The molecule has 1 rings (SSSR count). The molecule has 1 aromatic rings. The van der Waals surface area contributed by atoms with Crippen LogP contribution >= 0.6 is 0 Å². The number of para-hydroxylation sites is 2. The van der Waals surface area contributed by atoms with Crippen molar-refractivity contribution in [2.75, 3.05) is 30.3 Å². The smallest absolute Gasteiger partial charge is 0.323 e. The Morgan fingerprint density at radius 2 is 2.07 bits per heavy atom. The van der Waals surface area contributed by atoms with Gasteiger partial charge in [0.15, 0.2) is 0 Å². The molecule has 82 valence electrons. The van der Waals surface area contributed by atoms with Crippen LogP contribution in [0.4, 0.5) is 11.4 Å². The molecule has 0 aliphatic heterocycles. The van der Waals surface area contributed by atoms with Crippen LogP contribution < -0.4 is 10.6 Å². The van der Waals surface area contributed by atoms with Crippen molar-refractivity contribution >= 4 is 17.3 Å². The summed E-state index contributed by atoms with van der Waals surface area (Å²) < 4.78 is 0. The van der Waals surface area contributed by atoms with Crippen molar-refractivity contribution in [3.63, 3.8) is 0 Å². The van der Waals surface area contributed by atoms with E-state index in [-0.39, 0.29) is 19.7 Å². The van der Waals surface area contributed by atoms with E-state index in [1.54, 1.807) is 24.3 Å². The highest BCUT2D eigenvalue weighted by atomic mass is 16.4. The van der Waals surface area contributed by atoms with E-state index in [4.69, 9.17) is 15.9 Å². The summed E-state index contributed by atoms with van der Waals surface area (Å²) in [5, 5.41) is 17.5. The highest BCUT2D eigenvalue weighted by Gasteiger charge is 2.11. The van der Waals surface area contributed by atoms with Crippen molar-refractivity contribution < 1.29 is 15.0 Å². The maximum absolute atomic E-state index is 10.6. The van der Waals surface area contributed by atoms with Gasteiger partial charge in [0.05, 0.1) is 18.0 Å². The molecule has 0 aromatic heterocycles. The van der Waals surface area contributed by atoms with E-state index in [9.17, 15) is 4.79 Å². The van der Waals surface area contributed by atoms with Crippen molar-refractivity contribution in [1.82, 2.24) is 0 Å². The van der Waals surface area contributed by atoms with Crippen LogP contribution in [0.25, 0.3) is 0 Å². The van der Waals surface area contributed by atoms with Gasteiger partial charge in [0, 0.05) is 6.54 Å². The Labute approximate surface area is 87.7 Å². The second-order valence-electron chi connectivity index (χ2n) is 3.10. The molecule has 0 amide bonds. The van der Waals surface area contributed by atoms with Crippen LogP contribution in [-0.4, -0.2) is 35.9 Å². The Morgan fingerprint density at radius 3 is 2.60 bits per heavy atom. The topological polar surface area (TPSA) is 86.8 Å². The maximum Gasteiger partial charge on any atom is 0.323 e. The summed E-state index contributed by atoms with van der Waals surface area (Å²) in [6.45, 7) is -0.0309. The molecule has 0 radical (unpaired) electrons. The molecule has 0 atom stereocenters. The van der Waals surface area contributed by atoms with Gasteiger partial charge in [0.1, 0.15) is 6.54 Å². The molecule has 0 bridgehead atoms. The third-order valence-corrected chi connectivity index (χ3v) is 1.97. The Kier molecular flexibility index (Phi) is 3.93. The molecule has 0 saturated heterocycles. The van der Waals surface area contributed by atoms with Gasteiger partial charge in [-0.2, -0.15) is 0 Å². The van der Waals surface area contributed by atoms with Crippen molar-refractivity contribution in [2.45, 2.75) is 0 Å². The predicted molar refractivity (Wildman–Crippen MR) is 57.8 cm³/mol. The molecule has 5 heteroatoms. The number of aliphatic hydroxyl groups is 1. The first-order chi connectivity index (χ1) is 7.15. The molecule has 0 unspecified atom stereocenters. The number of nitrogens with two attached hydrogens (primary N) is 1. The summed E-state index contributed by atoms with van der Waals surface area (Å²) in [5.41, 5.74) is 6.85. The molecule has 4 N–H and O–H groups in total. The van der Waals surface area contributed by atoms with E-state index < -0.39 is 5.97 Å². The number of carboxylic acids is 1. The number of hydrogen-bond acceptors (Lipinski definition) is 4. The molecule has 0 spiro atoms. The van der Waals surface area contributed by atoms with Gasteiger partial charge in [0.25, 0.3) is 0 Å². The average molecular weight is 210 g/mol. The highest BCUT2D eigenvalue weighted by molar-refractivity contribution is 5.77. The van der Waals surface area contributed by atoms with E-state index in [0.29, 0.717) is 11.4 Å². The van der Waals surface area contributed by atoms with Gasteiger partial charge in [0.2, 0.25) is 0 Å². The average Bonchev–Trinajstić information content (AvgIpc) is 2.17. The largest absolute Gasteiger partial charge is 0.480 e. The summed E-state index contributed by atoms with van der Waals surface area (Å²) in [5.74, 6) is -0.952. The zero-order valence-electron chi connectivity index (χ0n) is 8.26. The number of rotatable bonds is 5. The first-order valence-electron chi connectivity index (χ1n) is 4.57. The Bertz CT molecular complexity index is 341. The first kappa shape index (κ1) is 11.3. The minimum absolute atomic E-state index is 0.110. The van der Waals surface area contributed by atoms with Crippen LogP contribution in [-0.2, 0) is 4.79 Å². The lowest BCUT2D eigenvalue weighted by atomic mass is 10.2. The second-order valence-corrected chi connectivity index (χ2v) is 3.10. The van der Waals surface area contributed by atoms with Gasteiger partial charge in [-0.3, -0.25) is 4.79 Å². The van der Waals surface area contributed by atoms with Gasteiger partial charge in [-0.25, -0.2) is 0 Å². The molecule has 15 heavy (non-hydrogen) atoms. The molecule has 0 aliphatic rings. The van der Waals surface area contributed by atoms with Gasteiger partial charge >= 0.3 is 5.97 Å². The molecular formula is C10H14N2O3. The first-order valence-corrected chi connectivity index (χ1v) is 4.57. The minimum Gasteiger partial charge on any atom is -0.480 e. The van der Waals surface area contributed by atoms with Crippen LogP contribution in [0.3, 0.4) is 0 Å². The summed E-state index contributed by atoms with van der Waals surface area (Å²) >= 11 is 0. The normalized spacial score (nSPS) is 9.93. The third-order valence-electron chi connectivity index (χ3n) is 1.97. The Morgan fingerprint density at radius 1 is 1.40 bits per heavy atom. The number of hydrogen-bond donors (Lipinski definition) is 3. The maximum atomic E-state index is 10.6. The second kappa shape index (κ2) is 5.21. The SMILES string of the molecule is Nc1ccccc1N(CCO)CC(=O)O. The molecule has 5 nitrogen and oxygen atoms in total. The van der Waals surface area contributed by atoms with Gasteiger partial charge < -0.3 is 20.8 Å². The predicted octanol–water partition coefficient (Wildman–Crippen LogP) is 0.152. The van der Waals surface area contributed by atoms with Crippen LogP contribution in [0.5, 0.6) is 0 Å². The van der Waals surface area contributed by atoms with Crippen LogP contribution in [0, 0.1) is 0 Å². The van der Waals surface area contributed by atoms with Crippen molar-refractivity contribution in [1.29, 1.82) is 0 Å². The third kappa shape index (κ3) is 3.14. The molecule has 0 aliphatic carbocycles. The summed E-state index contributed by atoms with van der Waals surface area (Å²) in [7, 11) is 0. The summed E-state index contributed by atoms with van der Waals surface area (Å²) in [6, 6.07) is 6.98. The standard InChI is InChI=1S/C10H14N2O3/c11-8-3-1-2-4-9(8)12(5-6-13)7-10(14)15/h1-4,13H,5-7,11H2,(H,14,15). The van der Waals surface area contributed by atoms with Gasteiger partial charge in [-0.15, -0.1) is 0 Å². The highest BCUT2D eigenvalue weighted by Crippen LogP contribution is 2.21. The van der Waals surface area contributed by atoms with E-state index in [2.05, 4.69) is 0 Å². The summed E-state index contributed by atoms with van der Waals surface area (Å²) in [6.07, 6.45) is 0. The molecular weight excluding hydrogens is 196 g/mol. The number of carboxylic acid groups (broad SMARTS) is 1. The quantitative estimate of drug-likeness (QED) is 0.602. The van der Waals surface area contributed by atoms with Crippen molar-refractivity contribution in [2.24, 2.45) is 0 Å². The molecule has 0 fully saturated rings. The lowest BCUT2D eigenvalue weighted by molar-refractivity contribution is -0.135. The zero-order chi connectivity index (χ0) is 11.3. The zero-order valence-corrected chi connectivity index (χ0v) is 8.26. The molecule has 0 heterocycles. The number of nitrogen functional groups attached to an aromatic ring is 1. The number of benzene rings is 1. The summed E-state index contributed by atoms with van der Waals surface area (Å²) in [4.78, 5) is 12.1. The lowest BCUT2D eigenvalue weighted by Crippen LogP contribution is -2.32. The monoisotopic (exact) mass is 210 g/mol. The van der Waals surface area contributed by atoms with Crippen molar-refractivity contribution in [3.8, 4) is 0 Å². The van der Waals surface area contributed by atoms with Crippen LogP contribution in [0.2, 0.25) is 0 Å². The van der Waals surface area contributed by atoms with E-state index in [1.165, 1.54) is 4.90 Å². The fourth-order valence-electron chi connectivity index (χ4n) is 1.34. The van der Waals surface area contributed by atoms with Gasteiger partial charge in [-0.05, 0) is 12.1 Å². The van der Waals surface area contributed by atoms with Crippen LogP contribution in [0.15, 0.2) is 24.3 Å². The van der Waals surface area contributed by atoms with Crippen molar-refractivity contribution in [3.05, 3.63) is 24.3 Å². The number of anilines is 2. The fourth-order valence-corrected chi connectivity index (χ4v) is 1.34. The number of carbonyl (C=O) groups is 1. The van der Waals surface area contributed by atoms with E-state index in [0.717, 1.165) is 0 Å².